The molecule has 1 N–H and O–H groups in total. The molecule has 2 aromatic carbocycles. The Morgan fingerprint density at radius 2 is 1.71 bits per heavy atom. The van der Waals surface area contributed by atoms with Crippen molar-refractivity contribution in [2.45, 2.75) is 39.5 Å². The van der Waals surface area contributed by atoms with Gasteiger partial charge in [0.25, 0.3) is 0 Å². The molecule has 0 saturated heterocycles. The second-order valence-corrected chi connectivity index (χ2v) is 8.40. The number of rotatable bonds is 8. The normalized spacial score (nSPS) is 12.6. The van der Waals surface area contributed by atoms with Crippen molar-refractivity contribution in [3.8, 4) is 17.0 Å². The van der Waals surface area contributed by atoms with Crippen LogP contribution >= 0.6 is 11.5 Å². The number of aromatic nitrogens is 1. The number of aliphatic carboxylic acids is 1. The predicted molar refractivity (Wildman–Crippen MR) is 113 cm³/mol. The lowest BCUT2D eigenvalue weighted by Gasteiger charge is -2.14. The molecule has 1 atom stereocenters. The van der Waals surface area contributed by atoms with Crippen LogP contribution in [-0.4, -0.2) is 15.4 Å². The molecular formula is C23H19F6NO3S. The molecular weight excluding hydrogens is 484 g/mol. The first-order valence-electron chi connectivity index (χ1n) is 10.1. The number of nitrogens with zero attached hydrogens (tertiary/aromatic N) is 1. The molecule has 4 nitrogen and oxygen atoms in total. The van der Waals surface area contributed by atoms with E-state index in [2.05, 4.69) is 4.37 Å². The van der Waals surface area contributed by atoms with E-state index in [4.69, 9.17) is 9.84 Å². The van der Waals surface area contributed by atoms with Crippen molar-refractivity contribution >= 4 is 17.5 Å². The van der Waals surface area contributed by atoms with Gasteiger partial charge in [-0.1, -0.05) is 19.9 Å². The molecule has 1 unspecified atom stereocenters. The van der Waals surface area contributed by atoms with E-state index in [1.165, 1.54) is 19.1 Å². The number of aryl methyl sites for hydroxylation is 1. The van der Waals surface area contributed by atoms with Gasteiger partial charge in [0, 0.05) is 11.1 Å². The van der Waals surface area contributed by atoms with E-state index in [0.717, 1.165) is 12.1 Å². The Balaban J connectivity index is 1.95. The molecule has 0 spiro atoms. The summed E-state index contributed by atoms with van der Waals surface area (Å²) in [5, 5.41) is 8.95. The average Bonchev–Trinajstić information content (AvgIpc) is 3.17. The van der Waals surface area contributed by atoms with E-state index < -0.39 is 58.3 Å². The van der Waals surface area contributed by atoms with E-state index in [-0.39, 0.29) is 34.8 Å². The molecule has 1 heterocycles. The van der Waals surface area contributed by atoms with Crippen molar-refractivity contribution in [3.63, 3.8) is 0 Å². The number of ether oxygens (including phenoxy) is 1. The quantitative estimate of drug-likeness (QED) is 0.350. The summed E-state index contributed by atoms with van der Waals surface area (Å²) in [6.07, 6.45) is -4.49. The van der Waals surface area contributed by atoms with Crippen LogP contribution in [0.15, 0.2) is 30.3 Å². The lowest BCUT2D eigenvalue weighted by Crippen LogP contribution is -2.13. The zero-order chi connectivity index (χ0) is 25.2. The van der Waals surface area contributed by atoms with Gasteiger partial charge >= 0.3 is 12.1 Å². The molecule has 11 heteroatoms. The lowest BCUT2D eigenvalue weighted by atomic mass is 10.0. The smallest absolute Gasteiger partial charge is 0.427 e. The Kier molecular flexibility index (Phi) is 7.54. The van der Waals surface area contributed by atoms with Gasteiger partial charge in [0.15, 0.2) is 17.4 Å². The molecule has 0 bridgehead atoms. The van der Waals surface area contributed by atoms with Crippen LogP contribution in [-0.2, 0) is 30.4 Å². The fourth-order valence-electron chi connectivity index (χ4n) is 3.30. The van der Waals surface area contributed by atoms with Gasteiger partial charge in [-0.05, 0) is 59.8 Å². The van der Waals surface area contributed by atoms with E-state index in [9.17, 15) is 31.1 Å². The van der Waals surface area contributed by atoms with Gasteiger partial charge in [0.2, 0.25) is 0 Å². The molecule has 0 radical (unpaired) electrons. The molecule has 182 valence electrons. The van der Waals surface area contributed by atoms with E-state index >= 15 is 0 Å². The van der Waals surface area contributed by atoms with Crippen LogP contribution < -0.4 is 4.74 Å². The maximum atomic E-state index is 14.6. The van der Waals surface area contributed by atoms with Gasteiger partial charge in [-0.2, -0.15) is 17.5 Å². The maximum Gasteiger partial charge on any atom is 0.427 e. The van der Waals surface area contributed by atoms with Gasteiger partial charge in [-0.25, -0.2) is 13.2 Å². The highest BCUT2D eigenvalue weighted by atomic mass is 32.1. The lowest BCUT2D eigenvalue weighted by molar-refractivity contribution is -0.141. The third-order valence-corrected chi connectivity index (χ3v) is 6.06. The van der Waals surface area contributed by atoms with Crippen LogP contribution in [0.2, 0.25) is 0 Å². The van der Waals surface area contributed by atoms with Crippen molar-refractivity contribution in [1.82, 2.24) is 4.37 Å². The molecule has 3 aromatic rings. The van der Waals surface area contributed by atoms with Gasteiger partial charge in [-0.3, -0.25) is 4.79 Å². The first-order chi connectivity index (χ1) is 15.9. The number of carbonyl (C=O) groups is 1. The molecule has 0 saturated carbocycles. The Labute approximate surface area is 195 Å². The summed E-state index contributed by atoms with van der Waals surface area (Å²) >= 11 is 0.0873. The summed E-state index contributed by atoms with van der Waals surface area (Å²) in [6.45, 7) is 2.22. The Morgan fingerprint density at radius 3 is 2.24 bits per heavy atom. The number of halogens is 6. The standard InChI is InChI=1S/C23H19F6NO3S/c1-3-12-4-5-14(16(24)7-12)19-15(21(34-30-19)23(27,28)29)10-33-20-17(25)8-13(9-18(20)26)6-11(2)22(31)32/h4-5,7-9,11H,3,6,10H2,1-2H3,(H,31,32). The first kappa shape index (κ1) is 25.5. The zero-order valence-corrected chi connectivity index (χ0v) is 18.8. The maximum absolute atomic E-state index is 14.6. The van der Waals surface area contributed by atoms with Gasteiger partial charge in [0.05, 0.1) is 11.6 Å². The first-order valence-corrected chi connectivity index (χ1v) is 10.9. The monoisotopic (exact) mass is 503 g/mol. The SMILES string of the molecule is CCc1ccc(-c2nsc(C(F)(F)F)c2COc2c(F)cc(CC(C)C(=O)O)cc2F)c(F)c1. The van der Waals surface area contributed by atoms with Crippen molar-refractivity contribution in [2.24, 2.45) is 5.92 Å². The topological polar surface area (TPSA) is 59.4 Å². The van der Waals surface area contributed by atoms with Crippen LogP contribution in [0.3, 0.4) is 0 Å². The molecule has 0 amide bonds. The summed E-state index contributed by atoms with van der Waals surface area (Å²) in [7, 11) is 0. The summed E-state index contributed by atoms with van der Waals surface area (Å²) in [4.78, 5) is 9.79. The van der Waals surface area contributed by atoms with Crippen molar-refractivity contribution in [2.75, 3.05) is 0 Å². The van der Waals surface area contributed by atoms with Crippen LogP contribution in [0, 0.1) is 23.4 Å². The molecule has 1 aromatic heterocycles. The van der Waals surface area contributed by atoms with Gasteiger partial charge < -0.3 is 9.84 Å². The van der Waals surface area contributed by atoms with Crippen molar-refractivity contribution in [3.05, 3.63) is 69.4 Å². The third-order valence-electron chi connectivity index (χ3n) is 5.12. The molecule has 0 fully saturated rings. The van der Waals surface area contributed by atoms with Crippen LogP contribution in [0.4, 0.5) is 26.3 Å². The number of carboxylic acid groups (broad SMARTS) is 1. The van der Waals surface area contributed by atoms with E-state index in [1.807, 2.05) is 0 Å². The third kappa shape index (κ3) is 5.52. The second-order valence-electron chi connectivity index (χ2n) is 7.63. The molecule has 3 rings (SSSR count). The second kappa shape index (κ2) is 10.0. The van der Waals surface area contributed by atoms with E-state index in [0.29, 0.717) is 12.0 Å². The molecule has 0 aliphatic carbocycles. The summed E-state index contributed by atoms with van der Waals surface area (Å²) in [6, 6.07) is 5.75. The number of carboxylic acids is 1. The van der Waals surface area contributed by atoms with E-state index in [1.54, 1.807) is 13.0 Å². The number of hydrogen-bond donors (Lipinski definition) is 1. The van der Waals surface area contributed by atoms with Crippen molar-refractivity contribution in [1.29, 1.82) is 0 Å². The largest absolute Gasteiger partial charge is 0.483 e. The molecule has 0 aliphatic heterocycles. The Hall–Kier alpha value is -3.08. The number of alkyl halides is 3. The highest BCUT2D eigenvalue weighted by Gasteiger charge is 2.38. The fourth-order valence-corrected chi connectivity index (χ4v) is 4.06. The fraction of sp³-hybridized carbons (Fsp3) is 0.304. The number of hydrogen-bond acceptors (Lipinski definition) is 4. The molecule has 0 aliphatic rings. The van der Waals surface area contributed by atoms with Crippen molar-refractivity contribution < 1.29 is 41.0 Å². The van der Waals surface area contributed by atoms with Crippen LogP contribution in [0.25, 0.3) is 11.3 Å². The zero-order valence-electron chi connectivity index (χ0n) is 18.0. The minimum absolute atomic E-state index is 0.0456. The minimum Gasteiger partial charge on any atom is -0.483 e. The number of benzene rings is 2. The summed E-state index contributed by atoms with van der Waals surface area (Å²) in [5.41, 5.74) is -0.398. The Bertz CT molecular complexity index is 1180. The summed E-state index contributed by atoms with van der Waals surface area (Å²) in [5.74, 6) is -6.19. The van der Waals surface area contributed by atoms with Crippen LogP contribution in [0.5, 0.6) is 5.75 Å². The summed E-state index contributed by atoms with van der Waals surface area (Å²) < 4.78 is 93.0. The predicted octanol–water partition coefficient (Wildman–Crippen LogP) is 6.65. The average molecular weight is 503 g/mol. The van der Waals surface area contributed by atoms with Crippen LogP contribution in [0.1, 0.15) is 35.4 Å². The molecule has 34 heavy (non-hydrogen) atoms. The van der Waals surface area contributed by atoms with Gasteiger partial charge in [0.1, 0.15) is 17.3 Å². The minimum atomic E-state index is -4.84. The van der Waals surface area contributed by atoms with Gasteiger partial charge in [-0.15, -0.1) is 0 Å². The highest BCUT2D eigenvalue weighted by Crippen LogP contribution is 2.41. The highest BCUT2D eigenvalue weighted by molar-refractivity contribution is 7.06. The Morgan fingerprint density at radius 1 is 1.09 bits per heavy atom.